The number of rotatable bonds is 3. The smallest absolute Gasteiger partial charge is 0.390 e. The number of aryl methyl sites for hydroxylation is 1. The van der Waals surface area contributed by atoms with Crippen LogP contribution >= 0.6 is 0 Å². The number of hydrogen-bond acceptors (Lipinski definition) is 5. The van der Waals surface area contributed by atoms with Crippen molar-refractivity contribution in [2.75, 3.05) is 5.32 Å². The first-order valence-electron chi connectivity index (χ1n) is 9.14. The molecule has 2 fully saturated rings. The van der Waals surface area contributed by atoms with Crippen LogP contribution in [0.4, 0.5) is 32.2 Å². The van der Waals surface area contributed by atoms with Gasteiger partial charge in [0.15, 0.2) is 5.69 Å². The lowest BCUT2D eigenvalue weighted by Gasteiger charge is -2.30. The number of aromatic nitrogens is 3. The van der Waals surface area contributed by atoms with Crippen LogP contribution in [0.2, 0.25) is 0 Å². The molecule has 2 aromatic heterocycles. The Balaban J connectivity index is 1.67. The van der Waals surface area contributed by atoms with Gasteiger partial charge in [0.1, 0.15) is 5.82 Å². The van der Waals surface area contributed by atoms with Gasteiger partial charge in [-0.3, -0.25) is 9.48 Å². The maximum atomic E-state index is 13.5. The number of hydrogen-bond donors (Lipinski definition) is 2. The molecule has 13 heteroatoms. The van der Waals surface area contributed by atoms with Gasteiger partial charge in [-0.2, -0.15) is 31.4 Å². The Morgan fingerprint density at radius 1 is 1.26 bits per heavy atom. The van der Waals surface area contributed by atoms with E-state index in [2.05, 4.69) is 15.4 Å². The van der Waals surface area contributed by atoms with Crippen LogP contribution < -0.4 is 5.32 Å². The van der Waals surface area contributed by atoms with Crippen LogP contribution in [0.15, 0.2) is 24.5 Å². The molecule has 0 radical (unpaired) electrons. The first-order chi connectivity index (χ1) is 14.4. The third kappa shape index (κ3) is 3.87. The number of carbonyl (C=O) groups excluding carboxylic acids is 1. The van der Waals surface area contributed by atoms with Gasteiger partial charge in [-0.1, -0.05) is 0 Å². The lowest BCUT2D eigenvalue weighted by molar-refractivity contribution is -0.143. The van der Waals surface area contributed by atoms with Gasteiger partial charge < -0.3 is 15.2 Å². The third-order valence-corrected chi connectivity index (χ3v) is 5.45. The molecule has 2 N–H and O–H groups in total. The molecule has 2 aliphatic rings. The van der Waals surface area contributed by atoms with Gasteiger partial charge >= 0.3 is 12.4 Å². The SMILES string of the molecule is Cn1cc([C@@H]2[C@@H]3O[C@@H](C[C@H]3O)[C@H]2C(=O)Nc2cc(C(F)(F)F)ccn2)c(C(F)(F)F)n1. The van der Waals surface area contributed by atoms with Crippen molar-refractivity contribution in [3.05, 3.63) is 41.3 Å². The summed E-state index contributed by atoms with van der Waals surface area (Å²) in [5.41, 5.74) is -2.57. The average Bonchev–Trinajstić information content (AvgIpc) is 3.32. The molecule has 2 aromatic rings. The highest BCUT2D eigenvalue weighted by Crippen LogP contribution is 2.51. The molecule has 0 aliphatic carbocycles. The van der Waals surface area contributed by atoms with Crippen LogP contribution in [0.25, 0.3) is 0 Å². The molecule has 0 saturated carbocycles. The van der Waals surface area contributed by atoms with Gasteiger partial charge in [-0.05, 0) is 12.1 Å². The van der Waals surface area contributed by atoms with Gasteiger partial charge in [0, 0.05) is 37.3 Å². The Hall–Kier alpha value is -2.67. The van der Waals surface area contributed by atoms with Crippen molar-refractivity contribution in [1.82, 2.24) is 14.8 Å². The minimum Gasteiger partial charge on any atom is -0.390 e. The van der Waals surface area contributed by atoms with Crippen molar-refractivity contribution < 1.29 is 41.0 Å². The lowest BCUT2D eigenvalue weighted by Crippen LogP contribution is -2.41. The highest BCUT2D eigenvalue weighted by atomic mass is 19.4. The number of alkyl halides is 6. The van der Waals surface area contributed by atoms with Crippen LogP contribution in [0.5, 0.6) is 0 Å². The topological polar surface area (TPSA) is 89.3 Å². The zero-order valence-electron chi connectivity index (χ0n) is 15.8. The quantitative estimate of drug-likeness (QED) is 0.703. The first kappa shape index (κ1) is 21.6. The van der Waals surface area contributed by atoms with Crippen molar-refractivity contribution in [1.29, 1.82) is 0 Å². The Kier molecular flexibility index (Phi) is 5.00. The molecule has 2 saturated heterocycles. The molecule has 5 atom stereocenters. The molecule has 1 amide bonds. The summed E-state index contributed by atoms with van der Waals surface area (Å²) in [6, 6.07) is 1.35. The average molecular weight is 450 g/mol. The number of fused-ring (bicyclic) bond motifs is 2. The number of aliphatic hydroxyl groups excluding tert-OH is 1. The second-order valence-electron chi connectivity index (χ2n) is 7.52. The Morgan fingerprint density at radius 3 is 2.61 bits per heavy atom. The van der Waals surface area contributed by atoms with Crippen LogP contribution in [-0.4, -0.2) is 44.1 Å². The van der Waals surface area contributed by atoms with Crippen LogP contribution in [0.1, 0.15) is 29.2 Å². The van der Waals surface area contributed by atoms with Crippen molar-refractivity contribution in [2.24, 2.45) is 13.0 Å². The van der Waals surface area contributed by atoms with E-state index in [0.29, 0.717) is 6.07 Å². The molecule has 0 spiro atoms. The minimum atomic E-state index is -4.81. The Morgan fingerprint density at radius 2 is 1.97 bits per heavy atom. The number of halogens is 6. The van der Waals surface area contributed by atoms with Crippen LogP contribution in [0.3, 0.4) is 0 Å². The molecule has 2 aliphatic heterocycles. The van der Waals surface area contributed by atoms with E-state index in [1.165, 1.54) is 7.05 Å². The normalized spacial score (nSPS) is 28.2. The molecule has 4 heterocycles. The fourth-order valence-electron chi connectivity index (χ4n) is 4.27. The fraction of sp³-hybridized carbons (Fsp3) is 0.500. The molecular formula is C18H16F6N4O3. The highest BCUT2D eigenvalue weighted by molar-refractivity contribution is 5.93. The monoisotopic (exact) mass is 450 g/mol. The third-order valence-electron chi connectivity index (χ3n) is 5.45. The van der Waals surface area contributed by atoms with Gasteiger partial charge in [0.25, 0.3) is 0 Å². The molecule has 7 nitrogen and oxygen atoms in total. The molecule has 2 bridgehead atoms. The summed E-state index contributed by atoms with van der Waals surface area (Å²) in [5, 5.41) is 15.8. The number of nitrogens with one attached hydrogen (secondary N) is 1. The summed E-state index contributed by atoms with van der Waals surface area (Å²) >= 11 is 0. The standard InChI is InChI=1S/C18H16F6N4O3/c1-28-6-8(15(27-28)18(22,23)24)12-13(10-5-9(29)14(12)31-10)16(30)26-11-4-7(2-3-25-11)17(19,20)21/h2-4,6,9-10,12-14,29H,5H2,1H3,(H,25,26,30)/t9-,10+,12+,13-,14-/m1/s1. The predicted octanol–water partition coefficient (Wildman–Crippen LogP) is 2.72. The summed E-state index contributed by atoms with van der Waals surface area (Å²) < 4.78 is 85.7. The largest absolute Gasteiger partial charge is 0.435 e. The molecule has 168 valence electrons. The number of nitrogens with zero attached hydrogens (tertiary/aromatic N) is 3. The molecule has 31 heavy (non-hydrogen) atoms. The molecule has 0 unspecified atom stereocenters. The van der Waals surface area contributed by atoms with E-state index in [1.54, 1.807) is 0 Å². The lowest BCUT2D eigenvalue weighted by atomic mass is 9.74. The van der Waals surface area contributed by atoms with E-state index in [4.69, 9.17) is 4.74 Å². The van der Waals surface area contributed by atoms with Crippen molar-refractivity contribution in [2.45, 2.75) is 43.0 Å². The Labute approximate surface area is 171 Å². The second-order valence-corrected chi connectivity index (χ2v) is 7.52. The minimum absolute atomic E-state index is 0.0108. The number of ether oxygens (including phenoxy) is 1. The zero-order chi connectivity index (χ0) is 22.7. The summed E-state index contributed by atoms with van der Waals surface area (Å²) in [6.07, 6.45) is -10.6. The highest BCUT2D eigenvalue weighted by Gasteiger charge is 2.59. The first-order valence-corrected chi connectivity index (χ1v) is 9.14. The van der Waals surface area contributed by atoms with Gasteiger partial charge in [0.2, 0.25) is 5.91 Å². The van der Waals surface area contributed by atoms with Crippen molar-refractivity contribution in [3.8, 4) is 0 Å². The van der Waals surface area contributed by atoms with E-state index in [1.807, 2.05) is 0 Å². The molecule has 4 rings (SSSR count). The van der Waals surface area contributed by atoms with Gasteiger partial charge in [0.05, 0.1) is 29.8 Å². The van der Waals surface area contributed by atoms with E-state index in [0.717, 1.165) is 23.1 Å². The summed E-state index contributed by atoms with van der Waals surface area (Å²) in [6.45, 7) is 0. The van der Waals surface area contributed by atoms with Gasteiger partial charge in [-0.25, -0.2) is 4.98 Å². The van der Waals surface area contributed by atoms with E-state index >= 15 is 0 Å². The van der Waals surface area contributed by atoms with Crippen molar-refractivity contribution >= 4 is 11.7 Å². The van der Waals surface area contributed by atoms with E-state index in [9.17, 15) is 36.2 Å². The van der Waals surface area contributed by atoms with Crippen LogP contribution in [-0.2, 0) is 28.9 Å². The predicted molar refractivity (Wildman–Crippen MR) is 91.6 cm³/mol. The number of aliphatic hydroxyl groups is 1. The van der Waals surface area contributed by atoms with E-state index < -0.39 is 65.5 Å². The van der Waals surface area contributed by atoms with Gasteiger partial charge in [-0.15, -0.1) is 0 Å². The zero-order valence-corrected chi connectivity index (χ0v) is 15.8. The van der Waals surface area contributed by atoms with Crippen LogP contribution in [0, 0.1) is 5.92 Å². The maximum absolute atomic E-state index is 13.5. The van der Waals surface area contributed by atoms with Crippen molar-refractivity contribution in [3.63, 3.8) is 0 Å². The number of pyridine rings is 1. The summed E-state index contributed by atoms with van der Waals surface area (Å²) in [5.74, 6) is -3.63. The maximum Gasteiger partial charge on any atom is 0.435 e. The Bertz CT molecular complexity index is 1000. The summed E-state index contributed by atoms with van der Waals surface area (Å²) in [7, 11) is 1.28. The molecule has 0 aromatic carbocycles. The number of carbonyl (C=O) groups is 1. The number of anilines is 1. The molecular weight excluding hydrogens is 434 g/mol. The fourth-order valence-corrected chi connectivity index (χ4v) is 4.27. The number of amides is 1. The second kappa shape index (κ2) is 7.19. The van der Waals surface area contributed by atoms with E-state index in [-0.39, 0.29) is 12.0 Å². The summed E-state index contributed by atoms with van der Waals surface area (Å²) in [4.78, 5) is 16.6.